The Bertz CT molecular complexity index is 557. The van der Waals surface area contributed by atoms with Gasteiger partial charge in [0.15, 0.2) is 0 Å². The van der Waals surface area contributed by atoms with E-state index >= 15 is 0 Å². The summed E-state index contributed by atoms with van der Waals surface area (Å²) < 4.78 is 3.64. The number of nitrogens with one attached hydrogen (secondary N) is 1. The van der Waals surface area contributed by atoms with Crippen molar-refractivity contribution >= 4 is 35.1 Å². The molecule has 2 aliphatic rings. The molecular formula is C19H28Cl2N2S. The molecule has 1 aliphatic heterocycles. The molecule has 1 heterocycles. The van der Waals surface area contributed by atoms with Gasteiger partial charge in [-0.1, -0.05) is 44.0 Å². The number of rotatable bonds is 5. The Labute approximate surface area is 160 Å². The van der Waals surface area contributed by atoms with Gasteiger partial charge in [0.2, 0.25) is 0 Å². The SMILES string of the molecule is CC(C)(C)CCN1CCC2(CC1)CC2NSc1cc(Cl)cc(Cl)c1. The van der Waals surface area contributed by atoms with Crippen LogP contribution in [0.25, 0.3) is 0 Å². The van der Waals surface area contributed by atoms with Crippen LogP contribution in [0.3, 0.4) is 0 Å². The normalized spacial score (nSPS) is 23.6. The fourth-order valence-corrected chi connectivity index (χ4v) is 5.15. The topological polar surface area (TPSA) is 15.3 Å². The molecule has 134 valence electrons. The Kier molecular flexibility index (Phi) is 5.78. The lowest BCUT2D eigenvalue weighted by atomic mass is 9.89. The van der Waals surface area contributed by atoms with Gasteiger partial charge in [0.05, 0.1) is 0 Å². The van der Waals surface area contributed by atoms with Gasteiger partial charge in [0.1, 0.15) is 0 Å². The van der Waals surface area contributed by atoms with Gasteiger partial charge in [-0.3, -0.25) is 4.72 Å². The van der Waals surface area contributed by atoms with E-state index in [0.29, 0.717) is 26.9 Å². The molecule has 0 aromatic heterocycles. The Balaban J connectivity index is 1.42. The summed E-state index contributed by atoms with van der Waals surface area (Å²) in [5.74, 6) is 0. The monoisotopic (exact) mass is 386 g/mol. The van der Waals surface area contributed by atoms with Gasteiger partial charge in [-0.25, -0.2) is 0 Å². The Morgan fingerprint density at radius 2 is 1.79 bits per heavy atom. The van der Waals surface area contributed by atoms with Crippen LogP contribution in [0.15, 0.2) is 23.1 Å². The molecule has 1 unspecified atom stereocenters. The summed E-state index contributed by atoms with van der Waals surface area (Å²) >= 11 is 13.8. The minimum Gasteiger partial charge on any atom is -0.303 e. The number of piperidine rings is 1. The first-order valence-corrected chi connectivity index (χ1v) is 10.4. The van der Waals surface area contributed by atoms with Crippen LogP contribution in [0.2, 0.25) is 10.0 Å². The number of halogens is 2. The molecule has 2 nitrogen and oxygen atoms in total. The third-order valence-corrected chi connectivity index (χ3v) is 6.68. The molecule has 1 spiro atoms. The summed E-state index contributed by atoms with van der Waals surface area (Å²) in [5, 5.41) is 1.40. The third-order valence-electron chi connectivity index (χ3n) is 5.37. The second-order valence-corrected chi connectivity index (χ2v) is 10.4. The summed E-state index contributed by atoms with van der Waals surface area (Å²) in [6, 6.07) is 6.34. The average molecular weight is 387 g/mol. The van der Waals surface area contributed by atoms with Crippen LogP contribution < -0.4 is 4.72 Å². The Morgan fingerprint density at radius 1 is 1.17 bits per heavy atom. The van der Waals surface area contributed by atoms with E-state index in [4.69, 9.17) is 23.2 Å². The van der Waals surface area contributed by atoms with Crippen LogP contribution in [0.1, 0.15) is 46.5 Å². The largest absolute Gasteiger partial charge is 0.303 e. The van der Waals surface area contributed by atoms with E-state index in [2.05, 4.69) is 30.4 Å². The molecule has 5 heteroatoms. The number of benzene rings is 1. The van der Waals surface area contributed by atoms with Crippen LogP contribution in [-0.4, -0.2) is 30.6 Å². The van der Waals surface area contributed by atoms with Crippen molar-refractivity contribution in [2.75, 3.05) is 19.6 Å². The summed E-state index contributed by atoms with van der Waals surface area (Å²) in [7, 11) is 0. The second-order valence-electron chi connectivity index (χ2n) is 8.60. The average Bonchev–Trinajstić information content (AvgIpc) is 3.15. The first-order valence-electron chi connectivity index (χ1n) is 8.87. The van der Waals surface area contributed by atoms with Crippen molar-refractivity contribution in [3.05, 3.63) is 28.2 Å². The van der Waals surface area contributed by atoms with Crippen molar-refractivity contribution < 1.29 is 0 Å². The predicted octanol–water partition coefficient (Wildman–Crippen LogP) is 5.88. The van der Waals surface area contributed by atoms with Gasteiger partial charge in [0.25, 0.3) is 0 Å². The van der Waals surface area contributed by atoms with Crippen molar-refractivity contribution in [2.45, 2.75) is 57.4 Å². The highest BCUT2D eigenvalue weighted by Gasteiger charge is 2.54. The standard InChI is InChI=1S/C19H28Cl2N2S/c1-18(2,3)4-7-23-8-5-19(6-9-23)13-17(19)22-24-16-11-14(20)10-15(21)12-16/h10-12,17,22H,4-9,13H2,1-3H3. The highest BCUT2D eigenvalue weighted by atomic mass is 35.5. The first kappa shape index (κ1) is 18.8. The molecule has 24 heavy (non-hydrogen) atoms. The zero-order chi connectivity index (χ0) is 17.4. The van der Waals surface area contributed by atoms with E-state index in [1.165, 1.54) is 45.3 Å². The van der Waals surface area contributed by atoms with Crippen LogP contribution in [0, 0.1) is 10.8 Å². The predicted molar refractivity (Wildman–Crippen MR) is 106 cm³/mol. The van der Waals surface area contributed by atoms with Crippen LogP contribution in [-0.2, 0) is 0 Å². The van der Waals surface area contributed by atoms with E-state index in [9.17, 15) is 0 Å². The van der Waals surface area contributed by atoms with E-state index in [0.717, 1.165) is 4.90 Å². The molecule has 1 saturated heterocycles. The van der Waals surface area contributed by atoms with Crippen molar-refractivity contribution in [3.8, 4) is 0 Å². The van der Waals surface area contributed by atoms with E-state index in [-0.39, 0.29) is 0 Å². The molecule has 1 aliphatic carbocycles. The van der Waals surface area contributed by atoms with Crippen LogP contribution in [0.5, 0.6) is 0 Å². The summed E-state index contributed by atoms with van der Waals surface area (Å²) in [5.41, 5.74) is 0.973. The van der Waals surface area contributed by atoms with Gasteiger partial charge >= 0.3 is 0 Å². The van der Waals surface area contributed by atoms with Crippen molar-refractivity contribution in [3.63, 3.8) is 0 Å². The molecule has 1 aromatic rings. The minimum absolute atomic E-state index is 0.438. The second kappa shape index (κ2) is 7.36. The third kappa shape index (κ3) is 5.04. The fourth-order valence-electron chi connectivity index (χ4n) is 3.51. The zero-order valence-corrected chi connectivity index (χ0v) is 17.2. The van der Waals surface area contributed by atoms with E-state index in [1.54, 1.807) is 18.0 Å². The number of nitrogens with zero attached hydrogens (tertiary/aromatic N) is 1. The van der Waals surface area contributed by atoms with Crippen molar-refractivity contribution in [1.82, 2.24) is 9.62 Å². The molecule has 1 atom stereocenters. The van der Waals surface area contributed by atoms with E-state index < -0.39 is 0 Å². The maximum Gasteiger partial charge on any atom is 0.0432 e. The quantitative estimate of drug-likeness (QED) is 0.635. The summed E-state index contributed by atoms with van der Waals surface area (Å²) in [4.78, 5) is 3.74. The molecule has 2 fully saturated rings. The van der Waals surface area contributed by atoms with Crippen molar-refractivity contribution in [1.29, 1.82) is 0 Å². The van der Waals surface area contributed by atoms with Gasteiger partial charge in [-0.15, -0.1) is 0 Å². The van der Waals surface area contributed by atoms with Gasteiger partial charge < -0.3 is 4.90 Å². The maximum atomic E-state index is 6.07. The molecule has 3 rings (SSSR count). The Hall–Kier alpha value is 0.0700. The van der Waals surface area contributed by atoms with Gasteiger partial charge in [-0.05, 0) is 86.3 Å². The summed E-state index contributed by atoms with van der Waals surface area (Å²) in [6.45, 7) is 10.7. The smallest absolute Gasteiger partial charge is 0.0432 e. The minimum atomic E-state index is 0.438. The molecule has 0 bridgehead atoms. The zero-order valence-electron chi connectivity index (χ0n) is 14.9. The fraction of sp³-hybridized carbons (Fsp3) is 0.684. The van der Waals surface area contributed by atoms with Crippen LogP contribution >= 0.6 is 35.1 Å². The Morgan fingerprint density at radius 3 is 2.38 bits per heavy atom. The molecule has 0 amide bonds. The van der Waals surface area contributed by atoms with Gasteiger partial charge in [-0.2, -0.15) is 0 Å². The molecule has 0 radical (unpaired) electrons. The van der Waals surface area contributed by atoms with Crippen LogP contribution in [0.4, 0.5) is 0 Å². The van der Waals surface area contributed by atoms with Crippen molar-refractivity contribution in [2.24, 2.45) is 10.8 Å². The van der Waals surface area contributed by atoms with Gasteiger partial charge in [0, 0.05) is 21.0 Å². The lowest BCUT2D eigenvalue weighted by molar-refractivity contribution is 0.150. The number of likely N-dealkylation sites (tertiary alicyclic amines) is 1. The first-order chi connectivity index (χ1) is 11.3. The molecule has 1 saturated carbocycles. The lowest BCUT2D eigenvalue weighted by Crippen LogP contribution is -2.38. The highest BCUT2D eigenvalue weighted by Crippen LogP contribution is 2.54. The number of hydrogen-bond donors (Lipinski definition) is 1. The lowest BCUT2D eigenvalue weighted by Gasteiger charge is -2.34. The molecule has 1 aromatic carbocycles. The summed E-state index contributed by atoms with van der Waals surface area (Å²) in [6.07, 6.45) is 5.24. The highest BCUT2D eigenvalue weighted by molar-refractivity contribution is 7.97. The molecule has 1 N–H and O–H groups in total. The maximum absolute atomic E-state index is 6.07. The molecular weight excluding hydrogens is 359 g/mol. The van der Waals surface area contributed by atoms with E-state index in [1.807, 2.05) is 12.1 Å². The number of hydrogen-bond acceptors (Lipinski definition) is 3.